The molecule has 124 valence electrons. The number of benzene rings is 2. The molecule has 2 aromatic carbocycles. The summed E-state index contributed by atoms with van der Waals surface area (Å²) in [5, 5.41) is 8.34. The molecule has 0 spiro atoms. The molecule has 3 N–H and O–H groups in total. The molecule has 0 aliphatic rings. The molecule has 0 saturated carbocycles. The highest BCUT2D eigenvalue weighted by Gasteiger charge is 2.12. The van der Waals surface area contributed by atoms with E-state index in [0.717, 1.165) is 0 Å². The van der Waals surface area contributed by atoms with Gasteiger partial charge in [-0.2, -0.15) is 0 Å². The monoisotopic (exact) mass is 343 g/mol. The predicted molar refractivity (Wildman–Crippen MR) is 97.4 cm³/mol. The van der Waals surface area contributed by atoms with Gasteiger partial charge in [-0.05, 0) is 48.6 Å². The summed E-state index contributed by atoms with van der Waals surface area (Å²) in [7, 11) is 1.50. The van der Waals surface area contributed by atoms with Crippen molar-refractivity contribution in [2.75, 3.05) is 17.7 Å². The summed E-state index contributed by atoms with van der Waals surface area (Å²) >= 11 is 5.14. The third kappa shape index (κ3) is 4.79. The molecule has 2 rings (SSSR count). The van der Waals surface area contributed by atoms with Crippen LogP contribution in [0.3, 0.4) is 0 Å². The van der Waals surface area contributed by atoms with Crippen LogP contribution >= 0.6 is 12.2 Å². The van der Waals surface area contributed by atoms with Gasteiger partial charge in [0.1, 0.15) is 5.75 Å². The normalized spacial score (nSPS) is 9.75. The fourth-order valence-electron chi connectivity index (χ4n) is 2.01. The number of methoxy groups -OCH3 is 1. The third-order valence-electron chi connectivity index (χ3n) is 3.04. The van der Waals surface area contributed by atoms with Gasteiger partial charge < -0.3 is 15.4 Å². The van der Waals surface area contributed by atoms with Crippen LogP contribution in [0.2, 0.25) is 0 Å². The number of ether oxygens (including phenoxy) is 1. The highest BCUT2D eigenvalue weighted by Crippen LogP contribution is 2.17. The predicted octanol–water partition coefficient (Wildman–Crippen LogP) is 2.78. The van der Waals surface area contributed by atoms with Crippen LogP contribution in [0.15, 0.2) is 48.5 Å². The van der Waals surface area contributed by atoms with Gasteiger partial charge in [0.05, 0.1) is 12.7 Å². The van der Waals surface area contributed by atoms with E-state index in [0.29, 0.717) is 22.7 Å². The first-order chi connectivity index (χ1) is 11.5. The van der Waals surface area contributed by atoms with Crippen molar-refractivity contribution < 1.29 is 14.3 Å². The second-order valence-electron chi connectivity index (χ2n) is 4.87. The van der Waals surface area contributed by atoms with Crippen molar-refractivity contribution in [1.82, 2.24) is 5.32 Å². The van der Waals surface area contributed by atoms with E-state index in [2.05, 4.69) is 16.0 Å². The van der Waals surface area contributed by atoms with Crippen LogP contribution < -0.4 is 20.7 Å². The van der Waals surface area contributed by atoms with E-state index in [9.17, 15) is 9.59 Å². The maximum Gasteiger partial charge on any atom is 0.261 e. The van der Waals surface area contributed by atoms with Crippen molar-refractivity contribution in [3.8, 4) is 5.75 Å². The smallest absolute Gasteiger partial charge is 0.261 e. The SMILES string of the molecule is COc1ccccc1C(=O)NC(=S)Nc1ccc(NC(C)=O)cc1. The third-order valence-corrected chi connectivity index (χ3v) is 3.25. The zero-order valence-electron chi connectivity index (χ0n) is 13.3. The lowest BCUT2D eigenvalue weighted by atomic mass is 10.2. The largest absolute Gasteiger partial charge is 0.496 e. The molecular formula is C17H17N3O3S. The standard InChI is InChI=1S/C17H17N3O3S/c1-11(21)18-12-7-9-13(10-8-12)19-17(24)20-16(22)14-5-3-4-6-15(14)23-2/h3-10H,1-2H3,(H,18,21)(H2,19,20,22,24). The summed E-state index contributed by atoms with van der Waals surface area (Å²) in [6, 6.07) is 13.8. The summed E-state index contributed by atoms with van der Waals surface area (Å²) < 4.78 is 5.15. The van der Waals surface area contributed by atoms with E-state index in [1.807, 2.05) is 0 Å². The van der Waals surface area contributed by atoms with Gasteiger partial charge >= 0.3 is 0 Å². The average Bonchev–Trinajstić information content (AvgIpc) is 2.56. The lowest BCUT2D eigenvalue weighted by Crippen LogP contribution is -2.34. The first-order valence-electron chi connectivity index (χ1n) is 7.12. The van der Waals surface area contributed by atoms with Crippen LogP contribution in [-0.4, -0.2) is 24.0 Å². The number of amides is 2. The Hall–Kier alpha value is -2.93. The number of nitrogens with one attached hydrogen (secondary N) is 3. The molecule has 0 aliphatic heterocycles. The van der Waals surface area contributed by atoms with Crippen LogP contribution in [-0.2, 0) is 4.79 Å². The second kappa shape index (κ2) is 8.07. The number of carbonyl (C=O) groups is 2. The van der Waals surface area contributed by atoms with Gasteiger partial charge in [0, 0.05) is 18.3 Å². The minimum Gasteiger partial charge on any atom is -0.496 e. The van der Waals surface area contributed by atoms with Crippen molar-refractivity contribution in [2.45, 2.75) is 6.92 Å². The fraction of sp³-hybridized carbons (Fsp3) is 0.118. The minimum atomic E-state index is -0.361. The zero-order chi connectivity index (χ0) is 17.5. The molecule has 0 aliphatic carbocycles. The second-order valence-corrected chi connectivity index (χ2v) is 5.28. The Morgan fingerprint density at radius 2 is 1.54 bits per heavy atom. The minimum absolute atomic E-state index is 0.143. The summed E-state index contributed by atoms with van der Waals surface area (Å²) in [4.78, 5) is 23.2. The molecule has 0 unspecified atom stereocenters. The number of hydrogen-bond acceptors (Lipinski definition) is 4. The highest BCUT2D eigenvalue weighted by atomic mass is 32.1. The lowest BCUT2D eigenvalue weighted by Gasteiger charge is -2.12. The molecule has 0 bridgehead atoms. The van der Waals surface area contributed by atoms with E-state index in [-0.39, 0.29) is 16.9 Å². The molecule has 2 aromatic rings. The van der Waals surface area contributed by atoms with Gasteiger partial charge in [-0.25, -0.2) is 0 Å². The molecule has 0 aromatic heterocycles. The molecule has 2 amide bonds. The average molecular weight is 343 g/mol. The van der Waals surface area contributed by atoms with Crippen molar-refractivity contribution in [1.29, 1.82) is 0 Å². The summed E-state index contributed by atoms with van der Waals surface area (Å²) in [6.45, 7) is 1.44. The van der Waals surface area contributed by atoms with E-state index < -0.39 is 0 Å². The van der Waals surface area contributed by atoms with Crippen molar-refractivity contribution in [3.63, 3.8) is 0 Å². The number of carbonyl (C=O) groups excluding carboxylic acids is 2. The lowest BCUT2D eigenvalue weighted by molar-refractivity contribution is -0.114. The maximum atomic E-state index is 12.2. The topological polar surface area (TPSA) is 79.5 Å². The van der Waals surface area contributed by atoms with E-state index >= 15 is 0 Å². The number of thiocarbonyl (C=S) groups is 1. The van der Waals surface area contributed by atoms with Gasteiger partial charge in [0.25, 0.3) is 5.91 Å². The van der Waals surface area contributed by atoms with Gasteiger partial charge in [-0.15, -0.1) is 0 Å². The van der Waals surface area contributed by atoms with E-state index in [1.54, 1.807) is 48.5 Å². The number of rotatable bonds is 4. The Balaban J connectivity index is 1.97. The van der Waals surface area contributed by atoms with Crippen molar-refractivity contribution in [3.05, 3.63) is 54.1 Å². The Morgan fingerprint density at radius 3 is 2.12 bits per heavy atom. The Morgan fingerprint density at radius 1 is 0.958 bits per heavy atom. The quantitative estimate of drug-likeness (QED) is 0.744. The van der Waals surface area contributed by atoms with Crippen molar-refractivity contribution >= 4 is 40.5 Å². The first kappa shape index (κ1) is 17.4. The molecular weight excluding hydrogens is 326 g/mol. The molecule has 0 radical (unpaired) electrons. The fourth-order valence-corrected chi connectivity index (χ4v) is 2.22. The molecule has 0 fully saturated rings. The van der Waals surface area contributed by atoms with Gasteiger partial charge in [0.15, 0.2) is 5.11 Å². The van der Waals surface area contributed by atoms with Crippen LogP contribution in [0.25, 0.3) is 0 Å². The van der Waals surface area contributed by atoms with Gasteiger partial charge in [-0.1, -0.05) is 12.1 Å². The Bertz CT molecular complexity index is 760. The van der Waals surface area contributed by atoms with Gasteiger partial charge in [0.2, 0.25) is 5.91 Å². The molecule has 6 nitrogen and oxygen atoms in total. The number of anilines is 2. The number of hydrogen-bond donors (Lipinski definition) is 3. The first-order valence-corrected chi connectivity index (χ1v) is 7.53. The van der Waals surface area contributed by atoms with Gasteiger partial charge in [-0.3, -0.25) is 14.9 Å². The van der Waals surface area contributed by atoms with Crippen LogP contribution in [0.5, 0.6) is 5.75 Å². The van der Waals surface area contributed by atoms with Crippen LogP contribution in [0.1, 0.15) is 17.3 Å². The molecule has 0 heterocycles. The molecule has 7 heteroatoms. The van der Waals surface area contributed by atoms with Crippen molar-refractivity contribution in [2.24, 2.45) is 0 Å². The zero-order valence-corrected chi connectivity index (χ0v) is 14.1. The Labute approximate surface area is 145 Å². The maximum absolute atomic E-state index is 12.2. The Kier molecular flexibility index (Phi) is 5.86. The summed E-state index contributed by atoms with van der Waals surface area (Å²) in [6.07, 6.45) is 0. The van der Waals surface area contributed by atoms with E-state index in [4.69, 9.17) is 17.0 Å². The molecule has 0 atom stereocenters. The van der Waals surface area contributed by atoms with E-state index in [1.165, 1.54) is 14.0 Å². The van der Waals surface area contributed by atoms with Crippen LogP contribution in [0, 0.1) is 0 Å². The summed E-state index contributed by atoms with van der Waals surface area (Å²) in [5.41, 5.74) is 1.76. The highest BCUT2D eigenvalue weighted by molar-refractivity contribution is 7.80. The molecule has 24 heavy (non-hydrogen) atoms. The summed E-state index contributed by atoms with van der Waals surface area (Å²) in [5.74, 6) is -0.0346. The number of para-hydroxylation sites is 1. The molecule has 0 saturated heterocycles. The van der Waals surface area contributed by atoms with Crippen LogP contribution in [0.4, 0.5) is 11.4 Å².